The van der Waals surface area contributed by atoms with E-state index in [9.17, 15) is 4.39 Å². The Labute approximate surface area is 132 Å². The molecule has 1 nitrogen and oxygen atoms in total. The summed E-state index contributed by atoms with van der Waals surface area (Å²) in [6, 6.07) is 9.44. The zero-order valence-corrected chi connectivity index (χ0v) is 13.9. The lowest BCUT2D eigenvalue weighted by Crippen LogP contribution is -2.18. The summed E-state index contributed by atoms with van der Waals surface area (Å²) in [6.45, 7) is 3.57. The predicted octanol–water partition coefficient (Wildman–Crippen LogP) is 5.17. The number of halogens is 3. The first-order chi connectivity index (χ1) is 9.43. The van der Waals surface area contributed by atoms with Crippen LogP contribution < -0.4 is 5.32 Å². The fourth-order valence-corrected chi connectivity index (χ4v) is 3.30. The van der Waals surface area contributed by atoms with Crippen LogP contribution in [0.4, 0.5) is 4.39 Å². The lowest BCUT2D eigenvalue weighted by Gasteiger charge is -2.20. The van der Waals surface area contributed by atoms with E-state index in [1.54, 1.807) is 13.8 Å². The molecule has 0 aliphatic heterocycles. The second-order valence-electron chi connectivity index (χ2n) is 4.86. The molecule has 0 spiro atoms. The van der Waals surface area contributed by atoms with Crippen molar-refractivity contribution in [3.05, 3.63) is 67.9 Å². The van der Waals surface area contributed by atoms with Crippen molar-refractivity contribution in [3.8, 4) is 0 Å². The highest BCUT2D eigenvalue weighted by Crippen LogP contribution is 2.31. The lowest BCUT2D eigenvalue weighted by molar-refractivity contribution is 0.604. The topological polar surface area (TPSA) is 12.0 Å². The van der Waals surface area contributed by atoms with Crippen molar-refractivity contribution in [1.29, 1.82) is 0 Å². The zero-order valence-electron chi connectivity index (χ0n) is 11.6. The molecule has 2 rings (SSSR count). The second kappa shape index (κ2) is 6.25. The molecule has 0 bridgehead atoms. The molecule has 0 saturated heterocycles. The number of rotatable bonds is 3. The highest BCUT2D eigenvalue weighted by Gasteiger charge is 2.17. The Balaban J connectivity index is 2.52. The van der Waals surface area contributed by atoms with Gasteiger partial charge in [0.2, 0.25) is 0 Å². The van der Waals surface area contributed by atoms with Gasteiger partial charge in [-0.3, -0.25) is 0 Å². The van der Waals surface area contributed by atoms with Gasteiger partial charge in [-0.15, -0.1) is 0 Å². The van der Waals surface area contributed by atoms with Crippen LogP contribution in [0.5, 0.6) is 0 Å². The molecule has 4 heteroatoms. The van der Waals surface area contributed by atoms with Gasteiger partial charge >= 0.3 is 0 Å². The average Bonchev–Trinajstić information content (AvgIpc) is 2.39. The quantitative estimate of drug-likeness (QED) is 0.800. The van der Waals surface area contributed by atoms with Crippen LogP contribution >= 0.6 is 27.5 Å². The van der Waals surface area contributed by atoms with Crippen LogP contribution in [0, 0.1) is 19.7 Å². The minimum atomic E-state index is -0.140. The first-order valence-electron chi connectivity index (χ1n) is 6.33. The monoisotopic (exact) mass is 355 g/mol. The molecule has 0 fully saturated rings. The maximum atomic E-state index is 13.8. The summed E-state index contributed by atoms with van der Waals surface area (Å²) in [4.78, 5) is 0. The molecular formula is C16H16BrClFN. The molecule has 1 unspecified atom stereocenters. The van der Waals surface area contributed by atoms with E-state index in [1.807, 2.05) is 37.4 Å². The summed E-state index contributed by atoms with van der Waals surface area (Å²) in [7, 11) is 1.89. The molecule has 0 aliphatic rings. The Bertz CT molecular complexity index is 619. The van der Waals surface area contributed by atoms with Gasteiger partial charge in [-0.05, 0) is 55.3 Å². The van der Waals surface area contributed by atoms with Gasteiger partial charge in [-0.25, -0.2) is 4.39 Å². The largest absolute Gasteiger partial charge is 0.309 e. The molecule has 20 heavy (non-hydrogen) atoms. The fourth-order valence-electron chi connectivity index (χ4n) is 2.38. The molecule has 2 aromatic rings. The third-order valence-electron chi connectivity index (χ3n) is 3.35. The van der Waals surface area contributed by atoms with Gasteiger partial charge in [-0.2, -0.15) is 0 Å². The number of aryl methyl sites for hydroxylation is 2. The smallest absolute Gasteiger partial charge is 0.129 e. The van der Waals surface area contributed by atoms with E-state index >= 15 is 0 Å². The first kappa shape index (κ1) is 15.5. The average molecular weight is 357 g/mol. The standard InChI is InChI=1S/C16H16BrClFN/c1-9-6-11(7-10(2)15(9)19)16(20-3)13-5-4-12(18)8-14(13)17/h4-8,16,20H,1-3H3. The molecule has 1 atom stereocenters. The van der Waals surface area contributed by atoms with Crippen LogP contribution in [-0.2, 0) is 0 Å². The maximum Gasteiger partial charge on any atom is 0.129 e. The van der Waals surface area contributed by atoms with Crippen molar-refractivity contribution in [2.75, 3.05) is 7.05 Å². The maximum absolute atomic E-state index is 13.8. The summed E-state index contributed by atoms with van der Waals surface area (Å²) in [6.07, 6.45) is 0. The van der Waals surface area contributed by atoms with Crippen LogP contribution in [0.1, 0.15) is 28.3 Å². The highest BCUT2D eigenvalue weighted by molar-refractivity contribution is 9.10. The van der Waals surface area contributed by atoms with Crippen molar-refractivity contribution in [2.45, 2.75) is 19.9 Å². The minimum Gasteiger partial charge on any atom is -0.309 e. The van der Waals surface area contributed by atoms with Crippen molar-refractivity contribution in [3.63, 3.8) is 0 Å². The molecule has 1 N–H and O–H groups in total. The Morgan fingerprint density at radius 1 is 1.15 bits per heavy atom. The summed E-state index contributed by atoms with van der Waals surface area (Å²) in [5.74, 6) is -0.140. The van der Waals surface area contributed by atoms with Gasteiger partial charge in [0.15, 0.2) is 0 Å². The third-order valence-corrected chi connectivity index (χ3v) is 4.28. The molecule has 0 heterocycles. The Hall–Kier alpha value is -0.900. The summed E-state index contributed by atoms with van der Waals surface area (Å²) in [5.41, 5.74) is 3.42. The van der Waals surface area contributed by atoms with Gasteiger partial charge in [0.1, 0.15) is 5.82 Å². The van der Waals surface area contributed by atoms with Gasteiger partial charge < -0.3 is 5.32 Å². The van der Waals surface area contributed by atoms with E-state index in [2.05, 4.69) is 21.2 Å². The number of nitrogens with one attached hydrogen (secondary N) is 1. The van der Waals surface area contributed by atoms with Crippen LogP contribution in [0.2, 0.25) is 5.02 Å². The van der Waals surface area contributed by atoms with Crippen molar-refractivity contribution in [1.82, 2.24) is 5.32 Å². The van der Waals surface area contributed by atoms with Gasteiger partial charge in [0.05, 0.1) is 6.04 Å². The molecule has 2 aromatic carbocycles. The van der Waals surface area contributed by atoms with Crippen LogP contribution in [0.3, 0.4) is 0 Å². The number of hydrogen-bond acceptors (Lipinski definition) is 1. The fraction of sp³-hybridized carbons (Fsp3) is 0.250. The molecule has 0 radical (unpaired) electrons. The predicted molar refractivity (Wildman–Crippen MR) is 85.9 cm³/mol. The molecule has 0 aromatic heterocycles. The van der Waals surface area contributed by atoms with Crippen LogP contribution in [0.25, 0.3) is 0 Å². The Morgan fingerprint density at radius 3 is 2.25 bits per heavy atom. The molecule has 0 saturated carbocycles. The van der Waals surface area contributed by atoms with Crippen molar-refractivity contribution < 1.29 is 4.39 Å². The van der Waals surface area contributed by atoms with E-state index in [0.717, 1.165) is 15.6 Å². The summed E-state index contributed by atoms with van der Waals surface area (Å²) < 4.78 is 14.7. The molecular weight excluding hydrogens is 341 g/mol. The van der Waals surface area contributed by atoms with Crippen LogP contribution in [-0.4, -0.2) is 7.05 Å². The van der Waals surface area contributed by atoms with Gasteiger partial charge in [-0.1, -0.05) is 45.7 Å². The Kier molecular flexibility index (Phi) is 4.84. The Morgan fingerprint density at radius 2 is 1.75 bits per heavy atom. The lowest BCUT2D eigenvalue weighted by atomic mass is 9.95. The van der Waals surface area contributed by atoms with Crippen LogP contribution in [0.15, 0.2) is 34.8 Å². The van der Waals surface area contributed by atoms with E-state index in [1.165, 1.54) is 0 Å². The van der Waals surface area contributed by atoms with Gasteiger partial charge in [0, 0.05) is 9.50 Å². The third kappa shape index (κ3) is 3.05. The van der Waals surface area contributed by atoms with E-state index < -0.39 is 0 Å². The SMILES string of the molecule is CNC(c1cc(C)c(F)c(C)c1)c1ccc(Cl)cc1Br. The number of benzene rings is 2. The van der Waals surface area contributed by atoms with Gasteiger partial charge in [0.25, 0.3) is 0 Å². The highest BCUT2D eigenvalue weighted by atomic mass is 79.9. The first-order valence-corrected chi connectivity index (χ1v) is 7.50. The molecule has 106 valence electrons. The summed E-state index contributed by atoms with van der Waals surface area (Å²) in [5, 5.41) is 3.96. The van der Waals surface area contributed by atoms with E-state index in [4.69, 9.17) is 11.6 Å². The normalized spacial score (nSPS) is 12.5. The second-order valence-corrected chi connectivity index (χ2v) is 6.15. The van der Waals surface area contributed by atoms with E-state index in [-0.39, 0.29) is 11.9 Å². The zero-order chi connectivity index (χ0) is 14.9. The molecule has 0 amide bonds. The van der Waals surface area contributed by atoms with Crippen molar-refractivity contribution in [2.24, 2.45) is 0 Å². The number of hydrogen-bond donors (Lipinski definition) is 1. The molecule has 0 aliphatic carbocycles. The van der Waals surface area contributed by atoms with Crippen molar-refractivity contribution >= 4 is 27.5 Å². The minimum absolute atomic E-state index is 0.0142. The van der Waals surface area contributed by atoms with E-state index in [0.29, 0.717) is 16.1 Å². The summed E-state index contributed by atoms with van der Waals surface area (Å²) >= 11 is 9.52.